The second-order valence-electron chi connectivity index (χ2n) is 5.95. The number of H-pyrrole nitrogens is 1. The molecular weight excluding hydrogens is 312 g/mol. The van der Waals surface area contributed by atoms with Crippen molar-refractivity contribution in [3.63, 3.8) is 0 Å². The van der Waals surface area contributed by atoms with E-state index in [0.717, 1.165) is 41.8 Å². The molecule has 7 nitrogen and oxygen atoms in total. The van der Waals surface area contributed by atoms with Crippen LogP contribution in [0.1, 0.15) is 18.3 Å². The molecule has 3 heterocycles. The van der Waals surface area contributed by atoms with Gasteiger partial charge in [-0.25, -0.2) is 4.98 Å². The van der Waals surface area contributed by atoms with Crippen molar-refractivity contribution in [2.75, 3.05) is 36.4 Å². The zero-order valence-electron chi connectivity index (χ0n) is 13.7. The van der Waals surface area contributed by atoms with Crippen molar-refractivity contribution in [3.8, 4) is 0 Å². The molecule has 0 radical (unpaired) electrons. The van der Waals surface area contributed by atoms with E-state index >= 15 is 0 Å². The fourth-order valence-electron chi connectivity index (χ4n) is 2.94. The van der Waals surface area contributed by atoms with Crippen LogP contribution in [0.5, 0.6) is 0 Å². The van der Waals surface area contributed by atoms with Crippen LogP contribution in [0.3, 0.4) is 0 Å². The molecule has 1 aliphatic rings. The lowest BCUT2D eigenvalue weighted by molar-refractivity contribution is -0.117. The van der Waals surface area contributed by atoms with Crippen LogP contribution in [-0.2, 0) is 4.79 Å². The summed E-state index contributed by atoms with van der Waals surface area (Å²) in [7, 11) is 0. The number of anilines is 2. The van der Waals surface area contributed by atoms with E-state index < -0.39 is 0 Å². The Morgan fingerprint density at radius 2 is 2.30 bits per heavy atom. The molecule has 1 aliphatic heterocycles. The molecule has 2 aromatic heterocycles. The molecule has 0 saturated carbocycles. The molecule has 23 heavy (non-hydrogen) atoms. The molecule has 1 amide bonds. The van der Waals surface area contributed by atoms with Crippen LogP contribution in [0.15, 0.2) is 11.6 Å². The predicted molar refractivity (Wildman–Crippen MR) is 92.1 cm³/mol. The van der Waals surface area contributed by atoms with Gasteiger partial charge in [0.1, 0.15) is 0 Å². The number of hydrogen-bond acceptors (Lipinski definition) is 6. The minimum Gasteiger partial charge on any atom is -0.343 e. The second-order valence-corrected chi connectivity index (χ2v) is 6.82. The van der Waals surface area contributed by atoms with Gasteiger partial charge in [0.25, 0.3) is 0 Å². The molecule has 2 N–H and O–H groups in total. The number of aryl methyl sites for hydroxylation is 2. The fraction of sp³-hybridized carbons (Fsp3) is 0.533. The summed E-state index contributed by atoms with van der Waals surface area (Å²) in [5.74, 6) is 0.00694. The molecule has 2 aromatic rings. The van der Waals surface area contributed by atoms with Crippen molar-refractivity contribution in [1.29, 1.82) is 0 Å². The van der Waals surface area contributed by atoms with Gasteiger partial charge in [0.05, 0.1) is 23.6 Å². The average molecular weight is 334 g/mol. The molecule has 0 aromatic carbocycles. The highest BCUT2D eigenvalue weighted by molar-refractivity contribution is 7.13. The molecular formula is C15H22N6OS. The maximum atomic E-state index is 12.3. The van der Waals surface area contributed by atoms with E-state index in [1.807, 2.05) is 25.4 Å². The summed E-state index contributed by atoms with van der Waals surface area (Å²) in [6, 6.07) is 0.347. The highest BCUT2D eigenvalue weighted by Crippen LogP contribution is 2.22. The van der Waals surface area contributed by atoms with Crippen LogP contribution in [0.2, 0.25) is 0 Å². The smallest absolute Gasteiger partial charge is 0.238 e. The van der Waals surface area contributed by atoms with Crippen molar-refractivity contribution in [2.45, 2.75) is 26.8 Å². The third-order valence-electron chi connectivity index (χ3n) is 4.14. The summed E-state index contributed by atoms with van der Waals surface area (Å²) in [6.07, 6.45) is 1.84. The summed E-state index contributed by atoms with van der Waals surface area (Å²) in [5.41, 5.74) is 2.50. The molecule has 0 bridgehead atoms. The first-order chi connectivity index (χ1) is 11.0. The van der Waals surface area contributed by atoms with Crippen LogP contribution < -0.4 is 10.2 Å². The second kappa shape index (κ2) is 6.67. The maximum Gasteiger partial charge on any atom is 0.238 e. The van der Waals surface area contributed by atoms with Gasteiger partial charge >= 0.3 is 0 Å². The number of piperazine rings is 1. The van der Waals surface area contributed by atoms with E-state index in [1.54, 1.807) is 11.3 Å². The molecule has 0 aliphatic carbocycles. The Balaban J connectivity index is 1.54. The normalized spacial score (nSPS) is 19.1. The van der Waals surface area contributed by atoms with E-state index in [1.165, 1.54) is 0 Å². The lowest BCUT2D eigenvalue weighted by atomic mass is 10.2. The van der Waals surface area contributed by atoms with Gasteiger partial charge in [-0.1, -0.05) is 0 Å². The summed E-state index contributed by atoms with van der Waals surface area (Å²) in [6.45, 7) is 8.98. The summed E-state index contributed by atoms with van der Waals surface area (Å²) in [4.78, 5) is 21.2. The first-order valence-corrected chi connectivity index (χ1v) is 8.62. The van der Waals surface area contributed by atoms with Crippen LogP contribution in [-0.4, -0.2) is 58.2 Å². The number of carbonyl (C=O) groups excluding carboxylic acids is 1. The minimum absolute atomic E-state index is 0.00694. The van der Waals surface area contributed by atoms with Gasteiger partial charge in [-0.15, -0.1) is 11.3 Å². The van der Waals surface area contributed by atoms with Crippen LogP contribution in [0.25, 0.3) is 0 Å². The largest absolute Gasteiger partial charge is 0.343 e. The zero-order valence-corrected chi connectivity index (χ0v) is 14.5. The van der Waals surface area contributed by atoms with Gasteiger partial charge in [0.2, 0.25) is 5.91 Å². The number of amides is 1. The predicted octanol–water partition coefficient (Wildman–Crippen LogP) is 1.63. The summed E-state index contributed by atoms with van der Waals surface area (Å²) < 4.78 is 0. The highest BCUT2D eigenvalue weighted by atomic mass is 32.1. The Labute approximate surface area is 139 Å². The number of nitrogens with one attached hydrogen (secondary N) is 2. The Kier molecular flexibility index (Phi) is 4.63. The van der Waals surface area contributed by atoms with E-state index in [2.05, 4.69) is 37.2 Å². The third kappa shape index (κ3) is 3.53. The molecule has 124 valence electrons. The SMILES string of the molecule is Cc1n[nH]c(C)c1NC(=O)CN1CCN(c2nccs2)[C@@H](C)C1. The van der Waals surface area contributed by atoms with E-state index in [0.29, 0.717) is 12.6 Å². The lowest BCUT2D eigenvalue weighted by Crippen LogP contribution is -2.53. The molecule has 8 heteroatoms. The standard InChI is InChI=1S/C15H22N6OS/c1-10-8-20(5-6-21(10)15-16-4-7-23-15)9-13(22)17-14-11(2)18-19-12(14)3/h4,7,10H,5-6,8-9H2,1-3H3,(H,17,22)(H,18,19)/t10-/m0/s1. The number of hydrogen-bond donors (Lipinski definition) is 2. The van der Waals surface area contributed by atoms with Gasteiger partial charge < -0.3 is 10.2 Å². The first kappa shape index (κ1) is 15.9. The maximum absolute atomic E-state index is 12.3. The number of carbonyl (C=O) groups is 1. The van der Waals surface area contributed by atoms with Gasteiger partial charge in [-0.2, -0.15) is 5.10 Å². The Morgan fingerprint density at radius 3 is 2.91 bits per heavy atom. The molecule has 0 spiro atoms. The number of aromatic amines is 1. The van der Waals surface area contributed by atoms with Gasteiger partial charge in [-0.3, -0.25) is 14.8 Å². The van der Waals surface area contributed by atoms with Crippen molar-refractivity contribution in [2.24, 2.45) is 0 Å². The van der Waals surface area contributed by atoms with Gasteiger partial charge in [0, 0.05) is 37.3 Å². The Morgan fingerprint density at radius 1 is 1.48 bits per heavy atom. The van der Waals surface area contributed by atoms with Crippen molar-refractivity contribution >= 4 is 28.1 Å². The van der Waals surface area contributed by atoms with Crippen LogP contribution in [0, 0.1) is 13.8 Å². The lowest BCUT2D eigenvalue weighted by Gasteiger charge is -2.39. The number of nitrogens with zero attached hydrogens (tertiary/aromatic N) is 4. The zero-order chi connectivity index (χ0) is 16.4. The minimum atomic E-state index is 0.00694. The Bertz CT molecular complexity index is 648. The molecule has 1 fully saturated rings. The van der Waals surface area contributed by atoms with Gasteiger partial charge in [-0.05, 0) is 20.8 Å². The Hall–Kier alpha value is -1.93. The topological polar surface area (TPSA) is 77.2 Å². The molecule has 1 atom stereocenters. The van der Waals surface area contributed by atoms with Crippen LogP contribution >= 0.6 is 11.3 Å². The monoisotopic (exact) mass is 334 g/mol. The van der Waals surface area contributed by atoms with Crippen LogP contribution in [0.4, 0.5) is 10.8 Å². The third-order valence-corrected chi connectivity index (χ3v) is 4.94. The summed E-state index contributed by atoms with van der Waals surface area (Å²) in [5, 5.41) is 13.0. The molecule has 0 unspecified atom stereocenters. The van der Waals surface area contributed by atoms with E-state index in [-0.39, 0.29) is 5.91 Å². The number of rotatable bonds is 4. The van der Waals surface area contributed by atoms with Crippen molar-refractivity contribution in [3.05, 3.63) is 23.0 Å². The average Bonchev–Trinajstić information content (AvgIpc) is 3.13. The highest BCUT2D eigenvalue weighted by Gasteiger charge is 2.26. The fourth-order valence-corrected chi connectivity index (χ4v) is 3.71. The van der Waals surface area contributed by atoms with E-state index in [9.17, 15) is 4.79 Å². The molecule has 1 saturated heterocycles. The van der Waals surface area contributed by atoms with E-state index in [4.69, 9.17) is 0 Å². The first-order valence-electron chi connectivity index (χ1n) is 7.74. The molecule has 3 rings (SSSR count). The van der Waals surface area contributed by atoms with Gasteiger partial charge in [0.15, 0.2) is 5.13 Å². The summed E-state index contributed by atoms with van der Waals surface area (Å²) >= 11 is 1.66. The van der Waals surface area contributed by atoms with Crippen molar-refractivity contribution < 1.29 is 4.79 Å². The number of aromatic nitrogens is 3. The number of thiazole rings is 1. The van der Waals surface area contributed by atoms with Crippen molar-refractivity contribution in [1.82, 2.24) is 20.1 Å². The quantitative estimate of drug-likeness (QED) is 0.889.